The van der Waals surface area contributed by atoms with Gasteiger partial charge in [-0.1, -0.05) is 44.2 Å². The lowest BCUT2D eigenvalue weighted by molar-refractivity contribution is 0.306. The van der Waals surface area contributed by atoms with Gasteiger partial charge < -0.3 is 4.90 Å². The summed E-state index contributed by atoms with van der Waals surface area (Å²) in [6.07, 6.45) is 2.60. The Hall–Kier alpha value is -0.820. The number of likely N-dealkylation sites (tertiary alicyclic amines) is 1. The Balaban J connectivity index is 1.76. The monoisotopic (exact) mass is 217 g/mol. The Morgan fingerprint density at radius 2 is 2.00 bits per heavy atom. The third-order valence-electron chi connectivity index (χ3n) is 3.81. The lowest BCUT2D eigenvalue weighted by Gasteiger charge is -2.17. The van der Waals surface area contributed by atoms with Crippen LogP contribution in [-0.4, -0.2) is 24.5 Å². The summed E-state index contributed by atoms with van der Waals surface area (Å²) in [4.78, 5) is 2.62. The second kappa shape index (κ2) is 5.49. The molecule has 1 aliphatic heterocycles. The minimum absolute atomic E-state index is 0.849. The number of hydrogen-bond acceptors (Lipinski definition) is 1. The normalized spacial score (nSPS) is 21.8. The van der Waals surface area contributed by atoms with Gasteiger partial charge in [0.2, 0.25) is 0 Å². The van der Waals surface area contributed by atoms with Gasteiger partial charge in [-0.05, 0) is 36.8 Å². The lowest BCUT2D eigenvalue weighted by atomic mass is 9.95. The van der Waals surface area contributed by atoms with E-state index in [1.807, 2.05) is 0 Å². The zero-order valence-corrected chi connectivity index (χ0v) is 10.5. The van der Waals surface area contributed by atoms with Crippen molar-refractivity contribution in [2.24, 2.45) is 11.8 Å². The topological polar surface area (TPSA) is 3.24 Å². The van der Waals surface area contributed by atoms with Crippen LogP contribution < -0.4 is 0 Å². The lowest BCUT2D eigenvalue weighted by Crippen LogP contribution is -2.24. The zero-order chi connectivity index (χ0) is 11.4. The first kappa shape index (κ1) is 11.7. The van der Waals surface area contributed by atoms with Gasteiger partial charge in [0.15, 0.2) is 0 Å². The highest BCUT2D eigenvalue weighted by Crippen LogP contribution is 2.23. The van der Waals surface area contributed by atoms with Crippen molar-refractivity contribution in [2.45, 2.75) is 26.7 Å². The second-order valence-corrected chi connectivity index (χ2v) is 5.33. The maximum absolute atomic E-state index is 2.62. The minimum Gasteiger partial charge on any atom is -0.303 e. The van der Waals surface area contributed by atoms with Crippen molar-refractivity contribution in [1.29, 1.82) is 0 Å². The van der Waals surface area contributed by atoms with Crippen LogP contribution in [0.5, 0.6) is 0 Å². The van der Waals surface area contributed by atoms with Crippen molar-refractivity contribution in [1.82, 2.24) is 4.90 Å². The van der Waals surface area contributed by atoms with Crippen LogP contribution in [0, 0.1) is 11.8 Å². The summed E-state index contributed by atoms with van der Waals surface area (Å²) >= 11 is 0. The van der Waals surface area contributed by atoms with Crippen LogP contribution in [0.1, 0.15) is 25.8 Å². The molecule has 1 nitrogen and oxygen atoms in total. The third kappa shape index (κ3) is 3.08. The van der Waals surface area contributed by atoms with Gasteiger partial charge in [0.05, 0.1) is 0 Å². The van der Waals surface area contributed by atoms with Crippen LogP contribution in [0.4, 0.5) is 0 Å². The Morgan fingerprint density at radius 1 is 1.25 bits per heavy atom. The number of rotatable bonds is 4. The van der Waals surface area contributed by atoms with Gasteiger partial charge in [0.1, 0.15) is 0 Å². The van der Waals surface area contributed by atoms with Crippen molar-refractivity contribution in [2.75, 3.05) is 19.6 Å². The maximum Gasteiger partial charge on any atom is 0.00219 e. The van der Waals surface area contributed by atoms with Gasteiger partial charge in [-0.2, -0.15) is 0 Å². The Labute approximate surface area is 99.5 Å². The van der Waals surface area contributed by atoms with Crippen molar-refractivity contribution < 1.29 is 0 Å². The summed E-state index contributed by atoms with van der Waals surface area (Å²) in [6.45, 7) is 8.55. The van der Waals surface area contributed by atoms with Gasteiger partial charge in [-0.3, -0.25) is 0 Å². The van der Waals surface area contributed by atoms with Crippen LogP contribution in [0.25, 0.3) is 0 Å². The molecule has 1 heteroatoms. The molecule has 1 heterocycles. The molecule has 0 saturated carbocycles. The fourth-order valence-electron chi connectivity index (χ4n) is 2.54. The van der Waals surface area contributed by atoms with Crippen molar-refractivity contribution in [3.63, 3.8) is 0 Å². The largest absolute Gasteiger partial charge is 0.303 e. The molecule has 1 saturated heterocycles. The molecule has 16 heavy (non-hydrogen) atoms. The van der Waals surface area contributed by atoms with Crippen LogP contribution in [-0.2, 0) is 6.42 Å². The standard InChI is InChI=1S/C15H23N/c1-13(2)15-9-11-16(12-15)10-8-14-6-4-3-5-7-14/h3-7,13,15H,8-12H2,1-2H3. The molecule has 0 aliphatic carbocycles. The van der Waals surface area contributed by atoms with E-state index in [0.717, 1.165) is 11.8 Å². The second-order valence-electron chi connectivity index (χ2n) is 5.33. The SMILES string of the molecule is CC(C)C1CCN(CCc2ccccc2)C1. The van der Waals surface area contributed by atoms with Crippen LogP contribution in [0.15, 0.2) is 30.3 Å². The molecule has 1 fully saturated rings. The summed E-state index contributed by atoms with van der Waals surface area (Å²) in [7, 11) is 0. The summed E-state index contributed by atoms with van der Waals surface area (Å²) in [5, 5.41) is 0. The summed E-state index contributed by atoms with van der Waals surface area (Å²) < 4.78 is 0. The summed E-state index contributed by atoms with van der Waals surface area (Å²) in [5.41, 5.74) is 1.47. The van der Waals surface area contributed by atoms with Crippen molar-refractivity contribution in [3.8, 4) is 0 Å². The molecular weight excluding hydrogens is 194 g/mol. The highest BCUT2D eigenvalue weighted by molar-refractivity contribution is 5.14. The van der Waals surface area contributed by atoms with Crippen molar-refractivity contribution >= 4 is 0 Å². The van der Waals surface area contributed by atoms with E-state index in [1.165, 1.54) is 38.0 Å². The van der Waals surface area contributed by atoms with Gasteiger partial charge in [0.25, 0.3) is 0 Å². The smallest absolute Gasteiger partial charge is 0.00219 e. The molecule has 0 aromatic heterocycles. The van der Waals surface area contributed by atoms with E-state index in [1.54, 1.807) is 0 Å². The van der Waals surface area contributed by atoms with Gasteiger partial charge in [0, 0.05) is 13.1 Å². The fraction of sp³-hybridized carbons (Fsp3) is 0.600. The third-order valence-corrected chi connectivity index (χ3v) is 3.81. The minimum atomic E-state index is 0.849. The quantitative estimate of drug-likeness (QED) is 0.748. The van der Waals surface area contributed by atoms with Crippen LogP contribution in [0.2, 0.25) is 0 Å². The molecule has 2 rings (SSSR count). The predicted molar refractivity (Wildman–Crippen MR) is 69.5 cm³/mol. The molecule has 0 bridgehead atoms. The molecule has 1 aliphatic rings. The maximum atomic E-state index is 2.62. The molecule has 0 N–H and O–H groups in total. The van der Waals surface area contributed by atoms with Crippen LogP contribution >= 0.6 is 0 Å². The molecule has 0 spiro atoms. The molecule has 0 radical (unpaired) electrons. The zero-order valence-electron chi connectivity index (χ0n) is 10.5. The predicted octanol–water partition coefficient (Wildman–Crippen LogP) is 3.21. The van der Waals surface area contributed by atoms with E-state index in [9.17, 15) is 0 Å². The number of benzene rings is 1. The Bertz CT molecular complexity index is 304. The van der Waals surface area contributed by atoms with E-state index in [0.29, 0.717) is 0 Å². The number of hydrogen-bond donors (Lipinski definition) is 0. The van der Waals surface area contributed by atoms with Crippen molar-refractivity contribution in [3.05, 3.63) is 35.9 Å². The highest BCUT2D eigenvalue weighted by atomic mass is 15.1. The summed E-state index contributed by atoms with van der Waals surface area (Å²) in [6, 6.07) is 10.8. The van der Waals surface area contributed by atoms with E-state index >= 15 is 0 Å². The number of nitrogens with zero attached hydrogens (tertiary/aromatic N) is 1. The molecule has 88 valence electrons. The van der Waals surface area contributed by atoms with E-state index in [2.05, 4.69) is 49.1 Å². The molecule has 1 aromatic rings. The average Bonchev–Trinajstić information content (AvgIpc) is 2.76. The van der Waals surface area contributed by atoms with E-state index in [-0.39, 0.29) is 0 Å². The average molecular weight is 217 g/mol. The summed E-state index contributed by atoms with van der Waals surface area (Å²) in [5.74, 6) is 1.78. The van der Waals surface area contributed by atoms with Gasteiger partial charge >= 0.3 is 0 Å². The molecular formula is C15H23N. The fourth-order valence-corrected chi connectivity index (χ4v) is 2.54. The van der Waals surface area contributed by atoms with Crippen LogP contribution in [0.3, 0.4) is 0 Å². The van der Waals surface area contributed by atoms with E-state index in [4.69, 9.17) is 0 Å². The van der Waals surface area contributed by atoms with Gasteiger partial charge in [-0.25, -0.2) is 0 Å². The first-order valence-corrected chi connectivity index (χ1v) is 6.52. The molecule has 1 atom stereocenters. The molecule has 1 aromatic carbocycles. The first-order chi connectivity index (χ1) is 7.75. The Morgan fingerprint density at radius 3 is 2.62 bits per heavy atom. The molecule has 0 amide bonds. The van der Waals surface area contributed by atoms with E-state index < -0.39 is 0 Å². The Kier molecular flexibility index (Phi) is 4.00. The van der Waals surface area contributed by atoms with Gasteiger partial charge in [-0.15, -0.1) is 0 Å². The first-order valence-electron chi connectivity index (χ1n) is 6.52. The molecule has 1 unspecified atom stereocenters. The highest BCUT2D eigenvalue weighted by Gasteiger charge is 2.24.